The van der Waals surface area contributed by atoms with Crippen molar-refractivity contribution in [2.45, 2.75) is 9.79 Å². The van der Waals surface area contributed by atoms with Crippen LogP contribution in [0, 0.1) is 4.91 Å². The molecule has 0 radical (unpaired) electrons. The van der Waals surface area contributed by atoms with Gasteiger partial charge in [0.15, 0.2) is 0 Å². The predicted molar refractivity (Wildman–Crippen MR) is 69.0 cm³/mol. The molecular formula is C10H7NO7S2. The number of hydrogen-bond acceptors (Lipinski definition) is 6. The Morgan fingerprint density at radius 2 is 1.45 bits per heavy atom. The van der Waals surface area contributed by atoms with Crippen LogP contribution in [0.5, 0.6) is 0 Å². The molecule has 10 heteroatoms. The predicted octanol–water partition coefficient (Wildman–Crippen LogP) is 1.73. The fourth-order valence-electron chi connectivity index (χ4n) is 1.80. The second-order valence-electron chi connectivity index (χ2n) is 3.84. The van der Waals surface area contributed by atoms with E-state index >= 15 is 0 Å². The highest BCUT2D eigenvalue weighted by molar-refractivity contribution is 7.86. The van der Waals surface area contributed by atoms with Crippen molar-refractivity contribution in [2.75, 3.05) is 0 Å². The van der Waals surface area contributed by atoms with Crippen molar-refractivity contribution in [1.82, 2.24) is 0 Å². The second-order valence-corrected chi connectivity index (χ2v) is 6.62. The molecule has 0 unspecified atom stereocenters. The average Bonchev–Trinajstić information content (AvgIpc) is 2.34. The summed E-state index contributed by atoms with van der Waals surface area (Å²) in [5, 5.41) is 2.12. The van der Waals surface area contributed by atoms with Gasteiger partial charge in [0.2, 0.25) is 0 Å². The molecular weight excluding hydrogens is 310 g/mol. The number of benzene rings is 2. The third-order valence-electron chi connectivity index (χ3n) is 2.56. The second kappa shape index (κ2) is 4.59. The van der Waals surface area contributed by atoms with Gasteiger partial charge in [-0.05, 0) is 23.4 Å². The van der Waals surface area contributed by atoms with E-state index in [0.717, 1.165) is 18.2 Å². The summed E-state index contributed by atoms with van der Waals surface area (Å²) in [5.41, 5.74) is -0.402. The van der Waals surface area contributed by atoms with Crippen LogP contribution in [0.2, 0.25) is 0 Å². The van der Waals surface area contributed by atoms with E-state index < -0.39 is 35.7 Å². The number of fused-ring (bicyclic) bond motifs is 1. The summed E-state index contributed by atoms with van der Waals surface area (Å²) in [6.07, 6.45) is 0. The highest BCUT2D eigenvalue weighted by atomic mass is 32.2. The minimum atomic E-state index is -4.70. The van der Waals surface area contributed by atoms with Crippen molar-refractivity contribution >= 4 is 36.7 Å². The Morgan fingerprint density at radius 3 is 1.95 bits per heavy atom. The third-order valence-corrected chi connectivity index (χ3v) is 4.37. The summed E-state index contributed by atoms with van der Waals surface area (Å²) < 4.78 is 63.2. The molecule has 0 spiro atoms. The largest absolute Gasteiger partial charge is 0.295 e. The molecule has 0 heterocycles. The van der Waals surface area contributed by atoms with Crippen LogP contribution in [-0.2, 0) is 20.2 Å². The van der Waals surface area contributed by atoms with Crippen LogP contribution in [0.1, 0.15) is 0 Å². The van der Waals surface area contributed by atoms with Crippen LogP contribution in [0.25, 0.3) is 10.8 Å². The Morgan fingerprint density at radius 1 is 0.850 bits per heavy atom. The lowest BCUT2D eigenvalue weighted by molar-refractivity contribution is 0.481. The van der Waals surface area contributed by atoms with E-state index in [0.29, 0.717) is 0 Å². The maximum absolute atomic E-state index is 11.3. The Balaban J connectivity index is 3.09. The van der Waals surface area contributed by atoms with Gasteiger partial charge >= 0.3 is 0 Å². The first-order valence-electron chi connectivity index (χ1n) is 4.99. The molecule has 0 atom stereocenters. The van der Waals surface area contributed by atoms with Crippen molar-refractivity contribution in [2.24, 2.45) is 5.18 Å². The molecule has 2 rings (SSSR count). The number of rotatable bonds is 3. The van der Waals surface area contributed by atoms with Gasteiger partial charge in [-0.15, -0.1) is 4.91 Å². The van der Waals surface area contributed by atoms with Gasteiger partial charge in [0.1, 0.15) is 15.5 Å². The molecule has 0 aliphatic carbocycles. The first-order chi connectivity index (χ1) is 9.14. The molecule has 2 N–H and O–H groups in total. The molecule has 0 aliphatic heterocycles. The van der Waals surface area contributed by atoms with Crippen molar-refractivity contribution in [3.8, 4) is 0 Å². The monoisotopic (exact) mass is 317 g/mol. The topological polar surface area (TPSA) is 138 Å². The van der Waals surface area contributed by atoms with Crippen LogP contribution in [-0.4, -0.2) is 25.9 Å². The summed E-state index contributed by atoms with van der Waals surface area (Å²) in [4.78, 5) is 9.29. The van der Waals surface area contributed by atoms with E-state index in [1.54, 1.807) is 0 Å². The fourth-order valence-corrected chi connectivity index (χ4v) is 3.22. The Bertz CT molecular complexity index is 916. The van der Waals surface area contributed by atoms with Gasteiger partial charge in [0, 0.05) is 10.8 Å². The lowest BCUT2D eigenvalue weighted by Gasteiger charge is -2.07. The fraction of sp³-hybridized carbons (Fsp3) is 0. The number of nitrogens with zero attached hydrogens (tertiary/aromatic N) is 1. The standard InChI is InChI=1S/C10H7NO7S2/c12-11-6-4-8-7(10(5-6)20(16,17)18)2-1-3-9(8)19(13,14)15/h1-5H,(H,13,14,15)(H,16,17,18). The van der Waals surface area contributed by atoms with E-state index in [9.17, 15) is 21.7 Å². The van der Waals surface area contributed by atoms with E-state index in [1.807, 2.05) is 0 Å². The van der Waals surface area contributed by atoms with Crippen LogP contribution >= 0.6 is 0 Å². The molecule has 106 valence electrons. The SMILES string of the molecule is O=Nc1cc(S(=O)(=O)O)c2cccc(S(=O)(=O)O)c2c1. The highest BCUT2D eigenvalue weighted by Gasteiger charge is 2.21. The van der Waals surface area contributed by atoms with E-state index in [4.69, 9.17) is 9.11 Å². The Labute approximate surface area is 113 Å². The Kier molecular flexibility index (Phi) is 3.34. The third kappa shape index (κ3) is 2.54. The summed E-state index contributed by atoms with van der Waals surface area (Å²) >= 11 is 0. The summed E-state index contributed by atoms with van der Waals surface area (Å²) in [7, 11) is -9.34. The molecule has 0 saturated carbocycles. The highest BCUT2D eigenvalue weighted by Crippen LogP contribution is 2.32. The molecule has 0 bridgehead atoms. The lowest BCUT2D eigenvalue weighted by atomic mass is 10.1. The zero-order valence-electron chi connectivity index (χ0n) is 9.59. The molecule has 2 aromatic rings. The normalized spacial score (nSPS) is 12.5. The van der Waals surface area contributed by atoms with Crippen molar-refractivity contribution in [1.29, 1.82) is 0 Å². The Hall–Kier alpha value is -1.88. The summed E-state index contributed by atoms with van der Waals surface area (Å²) in [5.74, 6) is 0. The number of nitroso groups, excluding NO2 is 1. The summed E-state index contributed by atoms with van der Waals surface area (Å²) in [6.45, 7) is 0. The first-order valence-corrected chi connectivity index (χ1v) is 7.88. The van der Waals surface area contributed by atoms with E-state index in [-0.39, 0.29) is 10.8 Å². The molecule has 0 aromatic heterocycles. The quantitative estimate of drug-likeness (QED) is 0.649. The minimum absolute atomic E-state index is 0.157. The van der Waals surface area contributed by atoms with Gasteiger partial charge in [-0.2, -0.15) is 16.8 Å². The van der Waals surface area contributed by atoms with Gasteiger partial charge < -0.3 is 0 Å². The smallest absolute Gasteiger partial charge is 0.282 e. The van der Waals surface area contributed by atoms with Crippen molar-refractivity contribution in [3.05, 3.63) is 35.2 Å². The van der Waals surface area contributed by atoms with Crippen LogP contribution in [0.3, 0.4) is 0 Å². The molecule has 0 saturated heterocycles. The molecule has 8 nitrogen and oxygen atoms in total. The van der Waals surface area contributed by atoms with E-state index in [2.05, 4.69) is 5.18 Å². The van der Waals surface area contributed by atoms with Crippen molar-refractivity contribution < 1.29 is 25.9 Å². The van der Waals surface area contributed by atoms with Gasteiger partial charge in [0.05, 0.1) is 0 Å². The van der Waals surface area contributed by atoms with Gasteiger partial charge in [0.25, 0.3) is 20.2 Å². The maximum Gasteiger partial charge on any atom is 0.295 e. The maximum atomic E-state index is 11.3. The minimum Gasteiger partial charge on any atom is -0.282 e. The van der Waals surface area contributed by atoms with Gasteiger partial charge in [-0.25, -0.2) is 0 Å². The molecule has 0 fully saturated rings. The molecule has 0 aliphatic rings. The number of hydrogen-bond donors (Lipinski definition) is 2. The van der Waals surface area contributed by atoms with Crippen LogP contribution < -0.4 is 0 Å². The first kappa shape index (κ1) is 14.5. The lowest BCUT2D eigenvalue weighted by Crippen LogP contribution is -2.03. The van der Waals surface area contributed by atoms with Crippen molar-refractivity contribution in [3.63, 3.8) is 0 Å². The summed E-state index contributed by atoms with van der Waals surface area (Å²) in [6, 6.07) is 5.24. The molecule has 20 heavy (non-hydrogen) atoms. The van der Waals surface area contributed by atoms with E-state index in [1.165, 1.54) is 12.1 Å². The van der Waals surface area contributed by atoms with Crippen LogP contribution in [0.15, 0.2) is 45.3 Å². The zero-order valence-corrected chi connectivity index (χ0v) is 11.2. The molecule has 0 amide bonds. The average molecular weight is 317 g/mol. The van der Waals surface area contributed by atoms with Gasteiger partial charge in [-0.3, -0.25) is 9.11 Å². The molecule has 2 aromatic carbocycles. The zero-order chi connectivity index (χ0) is 15.1. The van der Waals surface area contributed by atoms with Crippen LogP contribution in [0.4, 0.5) is 5.69 Å². The van der Waals surface area contributed by atoms with Gasteiger partial charge in [-0.1, -0.05) is 12.1 Å².